The van der Waals surface area contributed by atoms with Crippen molar-refractivity contribution < 1.29 is 9.53 Å². The van der Waals surface area contributed by atoms with Gasteiger partial charge in [0.05, 0.1) is 30.5 Å². The van der Waals surface area contributed by atoms with Gasteiger partial charge in [0.1, 0.15) is 11.4 Å². The van der Waals surface area contributed by atoms with Crippen LogP contribution in [0.15, 0.2) is 22.6 Å². The Kier molecular flexibility index (Phi) is 3.46. The van der Waals surface area contributed by atoms with Crippen LogP contribution in [-0.4, -0.2) is 45.7 Å². The van der Waals surface area contributed by atoms with E-state index < -0.39 is 0 Å². The number of carbonyl (C=O) groups excluding carboxylic acids is 1. The zero-order chi connectivity index (χ0) is 15.1. The Hall–Kier alpha value is -1.73. The molecule has 1 amide bonds. The number of hydrogen-bond donors (Lipinski definition) is 0. The molecule has 0 unspecified atom stereocenters. The van der Waals surface area contributed by atoms with Crippen molar-refractivity contribution in [2.45, 2.75) is 38.0 Å². The molecule has 0 spiro atoms. The molecule has 116 valence electrons. The SMILES string of the molecule is O=C(Cn1cnc2sccc2c1=O)N1CCO[C@@H]2CCC[C@@H]21. The number of morpholine rings is 1. The molecule has 0 radical (unpaired) electrons. The summed E-state index contributed by atoms with van der Waals surface area (Å²) in [6, 6.07) is 1.94. The lowest BCUT2D eigenvalue weighted by molar-refractivity contribution is -0.144. The summed E-state index contributed by atoms with van der Waals surface area (Å²) in [7, 11) is 0. The van der Waals surface area contributed by atoms with Crippen LogP contribution in [0.2, 0.25) is 0 Å². The van der Waals surface area contributed by atoms with Gasteiger partial charge >= 0.3 is 0 Å². The Balaban J connectivity index is 1.58. The van der Waals surface area contributed by atoms with Gasteiger partial charge in [-0.05, 0) is 30.7 Å². The number of hydrogen-bond acceptors (Lipinski definition) is 5. The Morgan fingerprint density at radius 3 is 3.27 bits per heavy atom. The third-order valence-electron chi connectivity index (χ3n) is 4.56. The summed E-state index contributed by atoms with van der Waals surface area (Å²) >= 11 is 1.43. The predicted octanol–water partition coefficient (Wildman–Crippen LogP) is 1.24. The van der Waals surface area contributed by atoms with Crippen LogP contribution in [0, 0.1) is 0 Å². The Labute approximate surface area is 131 Å². The maximum absolute atomic E-state index is 12.6. The molecule has 6 nitrogen and oxygen atoms in total. The van der Waals surface area contributed by atoms with Crippen molar-refractivity contribution in [1.82, 2.24) is 14.5 Å². The fraction of sp³-hybridized carbons (Fsp3) is 0.533. The molecule has 7 heteroatoms. The second-order valence-corrected chi connectivity index (χ2v) is 6.71. The molecular formula is C15H17N3O3S. The fourth-order valence-electron chi connectivity index (χ4n) is 3.48. The average Bonchev–Trinajstić information content (AvgIpc) is 3.18. The molecule has 2 fully saturated rings. The molecular weight excluding hydrogens is 302 g/mol. The van der Waals surface area contributed by atoms with E-state index in [1.807, 2.05) is 10.3 Å². The highest BCUT2D eigenvalue weighted by atomic mass is 32.1. The summed E-state index contributed by atoms with van der Waals surface area (Å²) in [5.41, 5.74) is -0.143. The number of carbonyl (C=O) groups is 1. The van der Waals surface area contributed by atoms with Crippen LogP contribution < -0.4 is 5.56 Å². The number of aromatic nitrogens is 2. The molecule has 1 saturated carbocycles. The molecule has 3 heterocycles. The van der Waals surface area contributed by atoms with E-state index in [4.69, 9.17) is 4.74 Å². The number of ether oxygens (including phenoxy) is 1. The van der Waals surface area contributed by atoms with Crippen LogP contribution in [0.4, 0.5) is 0 Å². The minimum Gasteiger partial charge on any atom is -0.374 e. The number of rotatable bonds is 2. The molecule has 2 aliphatic rings. The average molecular weight is 319 g/mol. The minimum atomic E-state index is -0.143. The quantitative estimate of drug-likeness (QED) is 0.835. The van der Waals surface area contributed by atoms with Crippen molar-refractivity contribution >= 4 is 27.5 Å². The van der Waals surface area contributed by atoms with Crippen LogP contribution in [-0.2, 0) is 16.1 Å². The summed E-state index contributed by atoms with van der Waals surface area (Å²) < 4.78 is 7.14. The van der Waals surface area contributed by atoms with Gasteiger partial charge in [0.15, 0.2) is 0 Å². The second kappa shape index (κ2) is 5.48. The van der Waals surface area contributed by atoms with Gasteiger partial charge in [-0.2, -0.15) is 0 Å². The molecule has 1 aliphatic carbocycles. The molecule has 4 rings (SSSR count). The third kappa shape index (κ3) is 2.24. The molecule has 22 heavy (non-hydrogen) atoms. The highest BCUT2D eigenvalue weighted by molar-refractivity contribution is 7.16. The zero-order valence-corrected chi connectivity index (χ0v) is 12.9. The first-order valence-corrected chi connectivity index (χ1v) is 8.46. The lowest BCUT2D eigenvalue weighted by Gasteiger charge is -2.37. The summed E-state index contributed by atoms with van der Waals surface area (Å²) in [6.07, 6.45) is 4.77. The Bertz CT molecular complexity index is 769. The topological polar surface area (TPSA) is 64.4 Å². The van der Waals surface area contributed by atoms with E-state index in [0.29, 0.717) is 18.5 Å². The van der Waals surface area contributed by atoms with E-state index in [1.165, 1.54) is 22.2 Å². The number of thiophene rings is 1. The van der Waals surface area contributed by atoms with E-state index in [-0.39, 0.29) is 30.2 Å². The molecule has 2 aromatic rings. The Morgan fingerprint density at radius 1 is 1.45 bits per heavy atom. The summed E-state index contributed by atoms with van der Waals surface area (Å²) in [4.78, 5) is 31.9. The van der Waals surface area contributed by atoms with Crippen molar-refractivity contribution in [3.63, 3.8) is 0 Å². The molecule has 0 bridgehead atoms. The molecule has 0 N–H and O–H groups in total. The van der Waals surface area contributed by atoms with Gasteiger partial charge in [0.2, 0.25) is 5.91 Å². The van der Waals surface area contributed by atoms with Gasteiger partial charge in [-0.15, -0.1) is 11.3 Å². The predicted molar refractivity (Wildman–Crippen MR) is 83.0 cm³/mol. The van der Waals surface area contributed by atoms with Gasteiger partial charge in [-0.3, -0.25) is 14.2 Å². The van der Waals surface area contributed by atoms with E-state index in [9.17, 15) is 9.59 Å². The number of nitrogens with zero attached hydrogens (tertiary/aromatic N) is 3. The van der Waals surface area contributed by atoms with Crippen molar-refractivity contribution in [3.05, 3.63) is 28.1 Å². The first-order valence-electron chi connectivity index (χ1n) is 7.58. The lowest BCUT2D eigenvalue weighted by Crippen LogP contribution is -2.52. The van der Waals surface area contributed by atoms with Crippen LogP contribution in [0.3, 0.4) is 0 Å². The highest BCUT2D eigenvalue weighted by Crippen LogP contribution is 2.29. The summed E-state index contributed by atoms with van der Waals surface area (Å²) in [5.74, 6) is -0.0151. The molecule has 2 atom stereocenters. The monoisotopic (exact) mass is 319 g/mol. The van der Waals surface area contributed by atoms with Crippen molar-refractivity contribution in [1.29, 1.82) is 0 Å². The first kappa shape index (κ1) is 13.9. The normalized spacial score (nSPS) is 24.6. The zero-order valence-electron chi connectivity index (χ0n) is 12.1. The van der Waals surface area contributed by atoms with Crippen molar-refractivity contribution in [2.75, 3.05) is 13.2 Å². The fourth-order valence-corrected chi connectivity index (χ4v) is 4.20. The molecule has 0 aromatic carbocycles. The van der Waals surface area contributed by atoms with E-state index in [2.05, 4.69) is 4.98 Å². The van der Waals surface area contributed by atoms with Crippen LogP contribution in [0.1, 0.15) is 19.3 Å². The van der Waals surface area contributed by atoms with Crippen molar-refractivity contribution in [2.24, 2.45) is 0 Å². The number of fused-ring (bicyclic) bond motifs is 2. The smallest absolute Gasteiger partial charge is 0.262 e. The largest absolute Gasteiger partial charge is 0.374 e. The standard InChI is InChI=1S/C15H17N3O3S/c19-13(18-5-6-21-12-3-1-2-11(12)18)8-17-9-16-14-10(15(17)20)4-7-22-14/h4,7,9,11-12H,1-3,5-6,8H2/t11-,12+/m0/s1. The van der Waals surface area contributed by atoms with Crippen molar-refractivity contribution in [3.8, 4) is 0 Å². The van der Waals surface area contributed by atoms with Gasteiger partial charge in [0, 0.05) is 6.54 Å². The van der Waals surface area contributed by atoms with Crippen LogP contribution in [0.5, 0.6) is 0 Å². The number of amides is 1. The van der Waals surface area contributed by atoms with E-state index in [1.54, 1.807) is 6.07 Å². The molecule has 1 aliphatic heterocycles. The van der Waals surface area contributed by atoms with Gasteiger partial charge < -0.3 is 9.64 Å². The maximum Gasteiger partial charge on any atom is 0.262 e. The minimum absolute atomic E-state index is 0.0151. The van der Waals surface area contributed by atoms with Crippen LogP contribution in [0.25, 0.3) is 10.2 Å². The Morgan fingerprint density at radius 2 is 2.36 bits per heavy atom. The lowest BCUT2D eigenvalue weighted by atomic mass is 10.1. The summed E-state index contributed by atoms with van der Waals surface area (Å²) in [5, 5.41) is 2.43. The molecule has 2 aromatic heterocycles. The van der Waals surface area contributed by atoms with E-state index >= 15 is 0 Å². The maximum atomic E-state index is 12.6. The second-order valence-electron chi connectivity index (χ2n) is 5.81. The van der Waals surface area contributed by atoms with E-state index in [0.717, 1.165) is 24.1 Å². The highest BCUT2D eigenvalue weighted by Gasteiger charge is 2.38. The third-order valence-corrected chi connectivity index (χ3v) is 5.38. The first-order chi connectivity index (χ1) is 10.7. The van der Waals surface area contributed by atoms with Crippen LogP contribution >= 0.6 is 11.3 Å². The molecule has 1 saturated heterocycles. The van der Waals surface area contributed by atoms with Gasteiger partial charge in [-0.1, -0.05) is 0 Å². The van der Waals surface area contributed by atoms with Gasteiger partial charge in [-0.25, -0.2) is 4.98 Å². The van der Waals surface area contributed by atoms with Gasteiger partial charge in [0.25, 0.3) is 5.56 Å². The summed E-state index contributed by atoms with van der Waals surface area (Å²) in [6.45, 7) is 1.26.